The van der Waals surface area contributed by atoms with Crippen LogP contribution >= 0.6 is 11.6 Å². The zero-order valence-electron chi connectivity index (χ0n) is 12.7. The molecule has 0 aliphatic rings. The van der Waals surface area contributed by atoms with Crippen molar-refractivity contribution in [2.24, 2.45) is 0 Å². The number of carbonyl (C=O) groups is 1. The van der Waals surface area contributed by atoms with E-state index in [0.717, 1.165) is 18.2 Å². The van der Waals surface area contributed by atoms with Gasteiger partial charge in [-0.2, -0.15) is 8.78 Å². The lowest BCUT2D eigenvalue weighted by molar-refractivity contribution is -0.0510. The SMILES string of the molecule is O=C(OCc1cc(Cl)ccc1OC(F)F)c1cc(S(=O)(=O)[O-])ccc1O. The first kappa shape index (κ1) is 19.9. The third kappa shape index (κ3) is 5.04. The van der Waals surface area contributed by atoms with Gasteiger partial charge < -0.3 is 19.1 Å². The third-order valence-electron chi connectivity index (χ3n) is 3.07. The number of alkyl halides is 2. The number of rotatable bonds is 6. The maximum Gasteiger partial charge on any atom is 0.387 e. The van der Waals surface area contributed by atoms with E-state index in [-0.39, 0.29) is 16.3 Å². The van der Waals surface area contributed by atoms with Crippen molar-refractivity contribution in [3.63, 3.8) is 0 Å². The van der Waals surface area contributed by atoms with Crippen molar-refractivity contribution in [2.75, 3.05) is 0 Å². The fourth-order valence-corrected chi connectivity index (χ4v) is 2.62. The van der Waals surface area contributed by atoms with Crippen molar-refractivity contribution in [1.82, 2.24) is 0 Å². The quantitative estimate of drug-likeness (QED) is 0.578. The average Bonchev–Trinajstić information content (AvgIpc) is 2.53. The van der Waals surface area contributed by atoms with Crippen LogP contribution in [0.2, 0.25) is 5.02 Å². The molecule has 140 valence electrons. The zero-order chi connectivity index (χ0) is 19.5. The Morgan fingerprint density at radius 2 is 1.92 bits per heavy atom. The number of aromatic hydroxyl groups is 1. The largest absolute Gasteiger partial charge is 0.744 e. The van der Waals surface area contributed by atoms with E-state index in [0.29, 0.717) is 6.07 Å². The summed E-state index contributed by atoms with van der Waals surface area (Å²) < 4.78 is 66.9. The van der Waals surface area contributed by atoms with Crippen molar-refractivity contribution >= 4 is 27.7 Å². The summed E-state index contributed by atoms with van der Waals surface area (Å²) >= 11 is 5.76. The molecule has 0 amide bonds. The van der Waals surface area contributed by atoms with E-state index in [2.05, 4.69) is 4.74 Å². The Hall–Kier alpha value is -2.43. The first-order valence-corrected chi connectivity index (χ1v) is 8.56. The van der Waals surface area contributed by atoms with Crippen molar-refractivity contribution < 1.29 is 41.1 Å². The predicted octanol–water partition coefficient (Wildman–Crippen LogP) is 2.91. The van der Waals surface area contributed by atoms with Gasteiger partial charge in [-0.05, 0) is 36.4 Å². The number of phenols is 1. The first-order chi connectivity index (χ1) is 12.1. The summed E-state index contributed by atoms with van der Waals surface area (Å²) in [5.74, 6) is -2.09. The fraction of sp³-hybridized carbons (Fsp3) is 0.133. The molecule has 0 saturated carbocycles. The second-order valence-corrected chi connectivity index (χ2v) is 6.66. The molecule has 0 aliphatic carbocycles. The minimum atomic E-state index is -4.86. The molecule has 2 aromatic rings. The lowest BCUT2D eigenvalue weighted by Crippen LogP contribution is -2.10. The normalized spacial score (nSPS) is 11.4. The number of hydrogen-bond donors (Lipinski definition) is 1. The van der Waals surface area contributed by atoms with Gasteiger partial charge in [-0.1, -0.05) is 11.6 Å². The van der Waals surface area contributed by atoms with Crippen molar-refractivity contribution in [1.29, 1.82) is 0 Å². The number of esters is 1. The van der Waals surface area contributed by atoms with Gasteiger partial charge in [-0.15, -0.1) is 0 Å². The number of benzene rings is 2. The lowest BCUT2D eigenvalue weighted by Gasteiger charge is -2.13. The Kier molecular flexibility index (Phi) is 6.01. The van der Waals surface area contributed by atoms with Gasteiger partial charge in [0.25, 0.3) is 0 Å². The van der Waals surface area contributed by atoms with Gasteiger partial charge in [0.1, 0.15) is 33.8 Å². The number of carbonyl (C=O) groups excluding carboxylic acids is 1. The monoisotopic (exact) mass is 407 g/mol. The molecule has 1 N–H and O–H groups in total. The molecule has 0 unspecified atom stereocenters. The highest BCUT2D eigenvalue weighted by Crippen LogP contribution is 2.27. The summed E-state index contributed by atoms with van der Waals surface area (Å²) in [6.07, 6.45) is 0. The molecule has 0 fully saturated rings. The van der Waals surface area contributed by atoms with Gasteiger partial charge in [0.2, 0.25) is 0 Å². The highest BCUT2D eigenvalue weighted by Gasteiger charge is 2.17. The highest BCUT2D eigenvalue weighted by atomic mass is 35.5. The molecule has 2 rings (SSSR count). The van der Waals surface area contributed by atoms with Crippen LogP contribution in [0.15, 0.2) is 41.3 Å². The van der Waals surface area contributed by atoms with Crippen molar-refractivity contribution in [3.05, 3.63) is 52.5 Å². The number of hydrogen-bond acceptors (Lipinski definition) is 7. The van der Waals surface area contributed by atoms with Gasteiger partial charge >= 0.3 is 12.6 Å². The van der Waals surface area contributed by atoms with Crippen LogP contribution in [-0.4, -0.2) is 30.7 Å². The molecule has 2 aromatic carbocycles. The van der Waals surface area contributed by atoms with Gasteiger partial charge in [0.05, 0.1) is 4.90 Å². The predicted molar refractivity (Wildman–Crippen MR) is 83.3 cm³/mol. The summed E-state index contributed by atoms with van der Waals surface area (Å²) in [6.45, 7) is -3.68. The van der Waals surface area contributed by atoms with E-state index in [4.69, 9.17) is 16.3 Å². The summed E-state index contributed by atoms with van der Waals surface area (Å²) in [4.78, 5) is 11.3. The summed E-state index contributed by atoms with van der Waals surface area (Å²) in [5.41, 5.74) is -0.571. The molecule has 0 bridgehead atoms. The fourth-order valence-electron chi connectivity index (χ4n) is 1.93. The molecule has 0 aliphatic heterocycles. The highest BCUT2D eigenvalue weighted by molar-refractivity contribution is 7.85. The van der Waals surface area contributed by atoms with Crippen LogP contribution in [0.1, 0.15) is 15.9 Å². The molecule has 0 aromatic heterocycles. The van der Waals surface area contributed by atoms with Crippen LogP contribution in [0.25, 0.3) is 0 Å². The van der Waals surface area contributed by atoms with Gasteiger partial charge in [0.15, 0.2) is 0 Å². The van der Waals surface area contributed by atoms with Crippen molar-refractivity contribution in [2.45, 2.75) is 18.1 Å². The third-order valence-corrected chi connectivity index (χ3v) is 4.14. The van der Waals surface area contributed by atoms with Crippen molar-refractivity contribution in [3.8, 4) is 11.5 Å². The van der Waals surface area contributed by atoms with Gasteiger partial charge in [-0.25, -0.2) is 13.2 Å². The topological polar surface area (TPSA) is 113 Å². The summed E-state index contributed by atoms with van der Waals surface area (Å²) in [5, 5.41) is 9.81. The molecule has 7 nitrogen and oxygen atoms in total. The van der Waals surface area contributed by atoms with E-state index >= 15 is 0 Å². The Morgan fingerprint density at radius 3 is 2.54 bits per heavy atom. The van der Waals surface area contributed by atoms with E-state index < -0.39 is 45.5 Å². The lowest BCUT2D eigenvalue weighted by atomic mass is 10.2. The van der Waals surface area contributed by atoms with Gasteiger partial charge in [0, 0.05) is 10.6 Å². The maximum absolute atomic E-state index is 12.4. The molecule has 11 heteroatoms. The second kappa shape index (κ2) is 7.85. The second-order valence-electron chi connectivity index (χ2n) is 4.84. The summed E-state index contributed by atoms with van der Waals surface area (Å²) in [6, 6.07) is 5.98. The van der Waals surface area contributed by atoms with E-state index in [1.54, 1.807) is 0 Å². The maximum atomic E-state index is 12.4. The number of ether oxygens (including phenoxy) is 2. The van der Waals surface area contributed by atoms with Crippen LogP contribution in [0.4, 0.5) is 8.78 Å². The average molecular weight is 408 g/mol. The van der Waals surface area contributed by atoms with Crippen LogP contribution in [0, 0.1) is 0 Å². The molecule has 0 atom stereocenters. The van der Waals surface area contributed by atoms with Gasteiger partial charge in [-0.3, -0.25) is 0 Å². The molecule has 0 spiro atoms. The zero-order valence-corrected chi connectivity index (χ0v) is 14.3. The van der Waals surface area contributed by atoms with Crippen LogP contribution in [-0.2, 0) is 21.5 Å². The van der Waals surface area contributed by atoms with Crippen LogP contribution < -0.4 is 4.74 Å². The smallest absolute Gasteiger partial charge is 0.387 e. The summed E-state index contributed by atoms with van der Waals surface area (Å²) in [7, 11) is -4.86. The molecule has 0 radical (unpaired) electrons. The number of halogens is 3. The Morgan fingerprint density at radius 1 is 1.23 bits per heavy atom. The molecular weight excluding hydrogens is 398 g/mol. The van der Waals surface area contributed by atoms with Crippen LogP contribution in [0.3, 0.4) is 0 Å². The Labute approximate surface area is 151 Å². The number of phenolic OH excluding ortho intramolecular Hbond substituents is 1. The van der Waals surface area contributed by atoms with Crippen LogP contribution in [0.5, 0.6) is 11.5 Å². The standard InChI is InChI=1S/C15H11ClF2O7S/c16-9-1-4-13(25-15(17)18)8(5-9)7-24-14(20)11-6-10(26(21,22)23)2-3-12(11)19/h1-6,15,19H,7H2,(H,21,22,23)/p-1. The first-order valence-electron chi connectivity index (χ1n) is 6.77. The Bertz CT molecular complexity index is 932. The molecule has 26 heavy (non-hydrogen) atoms. The van der Waals surface area contributed by atoms with E-state index in [9.17, 15) is 31.7 Å². The Balaban J connectivity index is 2.23. The van der Waals surface area contributed by atoms with E-state index in [1.165, 1.54) is 12.1 Å². The van der Waals surface area contributed by atoms with E-state index in [1.807, 2.05) is 0 Å². The minimum absolute atomic E-state index is 0.0123. The minimum Gasteiger partial charge on any atom is -0.744 e. The molecule has 0 heterocycles. The molecule has 0 saturated heterocycles. The molecular formula is C15H10ClF2O7S-.